The van der Waals surface area contributed by atoms with Gasteiger partial charge in [-0.2, -0.15) is 0 Å². The van der Waals surface area contributed by atoms with E-state index in [1.165, 1.54) is 82.8 Å². The predicted molar refractivity (Wildman–Crippen MR) is 231 cm³/mol. The van der Waals surface area contributed by atoms with Crippen LogP contribution in [-0.2, 0) is 0 Å². The highest BCUT2D eigenvalue weighted by atomic mass is 32.1. The Morgan fingerprint density at radius 1 is 0.308 bits per heavy atom. The number of hydrogen-bond donors (Lipinski definition) is 0. The molecule has 0 aliphatic carbocycles. The fourth-order valence-corrected chi connectivity index (χ4v) is 11.6. The number of fused-ring (bicyclic) bond motifs is 10. The highest BCUT2D eigenvalue weighted by Gasteiger charge is 2.19. The molecule has 0 aliphatic rings. The van der Waals surface area contributed by atoms with E-state index >= 15 is 0 Å². The van der Waals surface area contributed by atoms with E-state index in [1.54, 1.807) is 0 Å². The van der Waals surface area contributed by atoms with Crippen molar-refractivity contribution in [1.82, 2.24) is 0 Å². The molecule has 4 heteroatoms. The minimum absolute atomic E-state index is 1.13. The zero-order valence-corrected chi connectivity index (χ0v) is 30.4. The fraction of sp³-hybridized carbons (Fsp3) is 0. The Morgan fingerprint density at radius 3 is 1.77 bits per heavy atom. The van der Waals surface area contributed by atoms with Crippen LogP contribution in [0.5, 0.6) is 0 Å². The molecule has 0 atom stereocenters. The lowest BCUT2D eigenvalue weighted by Gasteiger charge is -2.26. The first kappa shape index (κ1) is 29.9. The van der Waals surface area contributed by atoms with Crippen LogP contribution in [0.1, 0.15) is 0 Å². The van der Waals surface area contributed by atoms with Crippen LogP contribution in [0.3, 0.4) is 0 Å². The van der Waals surface area contributed by atoms with Crippen LogP contribution in [-0.4, -0.2) is 0 Å². The van der Waals surface area contributed by atoms with Crippen LogP contribution < -0.4 is 4.90 Å². The first-order valence-corrected chi connectivity index (χ1v) is 19.9. The molecule has 1 nitrogen and oxygen atoms in total. The van der Waals surface area contributed by atoms with Crippen molar-refractivity contribution in [3.8, 4) is 22.3 Å². The summed E-state index contributed by atoms with van der Waals surface area (Å²) >= 11 is 5.69. The summed E-state index contributed by atoms with van der Waals surface area (Å²) in [7, 11) is 0. The van der Waals surface area contributed by atoms with Gasteiger partial charge in [0.05, 0.1) is 0 Å². The molecule has 0 radical (unpaired) electrons. The van der Waals surface area contributed by atoms with Gasteiger partial charge in [-0.15, -0.1) is 34.0 Å². The third-order valence-electron chi connectivity index (χ3n) is 10.3. The van der Waals surface area contributed by atoms with Crippen LogP contribution in [0.25, 0.3) is 82.8 Å². The first-order chi connectivity index (χ1) is 25.8. The van der Waals surface area contributed by atoms with Gasteiger partial charge in [-0.05, 0) is 76.9 Å². The maximum Gasteiger partial charge on any atom is 0.0476 e. The van der Waals surface area contributed by atoms with Crippen LogP contribution >= 0.6 is 34.0 Å². The van der Waals surface area contributed by atoms with Crippen LogP contribution in [0.4, 0.5) is 17.1 Å². The van der Waals surface area contributed by atoms with Crippen molar-refractivity contribution >= 4 is 112 Å². The molecular weight excluding hydrogens is 687 g/mol. The number of nitrogens with zero attached hydrogens (tertiary/aromatic N) is 1. The third-order valence-corrected chi connectivity index (χ3v) is 13.8. The van der Waals surface area contributed by atoms with E-state index in [2.05, 4.69) is 181 Å². The van der Waals surface area contributed by atoms with Crippen molar-refractivity contribution < 1.29 is 0 Å². The van der Waals surface area contributed by atoms with Gasteiger partial charge in [0, 0.05) is 77.6 Å². The summed E-state index contributed by atoms with van der Waals surface area (Å²) in [4.78, 5) is 2.41. The second kappa shape index (κ2) is 11.9. The normalized spacial score (nSPS) is 11.8. The lowest BCUT2D eigenvalue weighted by atomic mass is 10.0. The first-order valence-electron chi connectivity index (χ1n) is 17.5. The summed E-state index contributed by atoms with van der Waals surface area (Å²) in [5, 5.41) is 8.03. The molecule has 0 amide bonds. The van der Waals surface area contributed by atoms with Gasteiger partial charge < -0.3 is 4.90 Å². The predicted octanol–water partition coefficient (Wildman–Crippen LogP) is 15.6. The van der Waals surface area contributed by atoms with Gasteiger partial charge in [-0.25, -0.2) is 0 Å². The lowest BCUT2D eigenvalue weighted by molar-refractivity contribution is 1.29. The highest BCUT2D eigenvalue weighted by Crippen LogP contribution is 2.48. The van der Waals surface area contributed by atoms with Crippen molar-refractivity contribution in [3.05, 3.63) is 176 Å². The number of thiophene rings is 3. The molecule has 11 rings (SSSR count). The van der Waals surface area contributed by atoms with Crippen molar-refractivity contribution in [1.29, 1.82) is 0 Å². The van der Waals surface area contributed by atoms with Crippen molar-refractivity contribution in [2.24, 2.45) is 0 Å². The summed E-state index contributed by atoms with van der Waals surface area (Å²) < 4.78 is 8.03. The molecule has 3 aromatic heterocycles. The SMILES string of the molecule is c1ccc(-c2ccc(N(c3cccc(-c4cccc5c4sc4c5ccc5sc6ccccc6c54)c3)c3ccc4c(c3)sc3ccccc34)cc2)cc1. The summed E-state index contributed by atoms with van der Waals surface area (Å²) in [6.07, 6.45) is 0. The third kappa shape index (κ3) is 4.72. The summed E-state index contributed by atoms with van der Waals surface area (Å²) in [6, 6.07) is 64.7. The molecule has 0 aliphatic heterocycles. The molecule has 0 unspecified atom stereocenters. The topological polar surface area (TPSA) is 3.24 Å². The van der Waals surface area contributed by atoms with E-state index in [0.29, 0.717) is 0 Å². The molecule has 0 fully saturated rings. The number of anilines is 3. The largest absolute Gasteiger partial charge is 0.310 e. The van der Waals surface area contributed by atoms with E-state index in [9.17, 15) is 0 Å². The minimum Gasteiger partial charge on any atom is -0.310 e. The Morgan fingerprint density at radius 2 is 0.904 bits per heavy atom. The van der Waals surface area contributed by atoms with Crippen molar-refractivity contribution in [2.75, 3.05) is 4.90 Å². The zero-order chi connectivity index (χ0) is 34.2. The minimum atomic E-state index is 1.13. The second-order valence-corrected chi connectivity index (χ2v) is 16.5. The Kier molecular flexibility index (Phi) is 6.84. The van der Waals surface area contributed by atoms with E-state index in [1.807, 2.05) is 34.0 Å². The summed E-state index contributed by atoms with van der Waals surface area (Å²) in [6.45, 7) is 0. The number of hydrogen-bond acceptors (Lipinski definition) is 4. The second-order valence-electron chi connectivity index (χ2n) is 13.3. The highest BCUT2D eigenvalue weighted by molar-refractivity contribution is 7.30. The van der Waals surface area contributed by atoms with E-state index in [4.69, 9.17) is 0 Å². The van der Waals surface area contributed by atoms with Crippen LogP contribution in [0.2, 0.25) is 0 Å². The van der Waals surface area contributed by atoms with Gasteiger partial charge in [-0.1, -0.05) is 121 Å². The number of rotatable bonds is 5. The monoisotopic (exact) mass is 715 g/mol. The average Bonchev–Trinajstić information content (AvgIpc) is 3.89. The Labute approximate surface area is 312 Å². The molecule has 0 bridgehead atoms. The molecular formula is C48H29NS3. The number of benzene rings is 8. The van der Waals surface area contributed by atoms with E-state index in [0.717, 1.165) is 17.1 Å². The molecule has 0 saturated carbocycles. The lowest BCUT2D eigenvalue weighted by Crippen LogP contribution is -2.09. The molecule has 8 aromatic carbocycles. The van der Waals surface area contributed by atoms with Gasteiger partial charge in [0.25, 0.3) is 0 Å². The molecule has 0 spiro atoms. The Balaban J connectivity index is 1.09. The molecule has 244 valence electrons. The maximum absolute atomic E-state index is 2.41. The van der Waals surface area contributed by atoms with E-state index in [-0.39, 0.29) is 0 Å². The van der Waals surface area contributed by atoms with Gasteiger partial charge in [0.15, 0.2) is 0 Å². The maximum atomic E-state index is 2.41. The van der Waals surface area contributed by atoms with Gasteiger partial charge in [0.1, 0.15) is 0 Å². The van der Waals surface area contributed by atoms with Crippen LogP contribution in [0.15, 0.2) is 176 Å². The molecule has 0 saturated heterocycles. The fourth-order valence-electron chi connectivity index (χ4n) is 7.84. The zero-order valence-electron chi connectivity index (χ0n) is 27.9. The van der Waals surface area contributed by atoms with Crippen molar-refractivity contribution in [3.63, 3.8) is 0 Å². The van der Waals surface area contributed by atoms with Gasteiger partial charge >= 0.3 is 0 Å². The average molecular weight is 716 g/mol. The van der Waals surface area contributed by atoms with Crippen molar-refractivity contribution in [2.45, 2.75) is 0 Å². The molecule has 52 heavy (non-hydrogen) atoms. The summed E-state index contributed by atoms with van der Waals surface area (Å²) in [5.41, 5.74) is 8.33. The quantitative estimate of drug-likeness (QED) is 0.171. The van der Waals surface area contributed by atoms with Gasteiger partial charge in [-0.3, -0.25) is 0 Å². The van der Waals surface area contributed by atoms with E-state index < -0.39 is 0 Å². The van der Waals surface area contributed by atoms with Crippen LogP contribution in [0, 0.1) is 0 Å². The standard InChI is InChI=1S/C48H29NS3/c1-2-10-30(11-3-1)31-20-22-33(23-21-31)49(35-24-25-38-37-14-4-6-18-42(37)51-45(38)29-35)34-13-8-12-32(28-34)36-16-9-17-39-40-26-27-44-46(48(40)52-47(36)39)41-15-5-7-19-43(41)50-44/h1-29H. The molecule has 11 aromatic rings. The molecule has 3 heterocycles. The summed E-state index contributed by atoms with van der Waals surface area (Å²) in [5.74, 6) is 0. The molecule has 0 N–H and O–H groups in total. The Hall–Kier alpha value is -5.78. The smallest absolute Gasteiger partial charge is 0.0476 e. The van der Waals surface area contributed by atoms with Gasteiger partial charge in [0.2, 0.25) is 0 Å². The Bertz CT molecular complexity index is 3130.